The molecule has 0 aliphatic rings. The van der Waals surface area contributed by atoms with E-state index in [1.54, 1.807) is 0 Å². The van der Waals surface area contributed by atoms with Crippen LogP contribution in [-0.4, -0.2) is 30.3 Å². The molecule has 0 amide bonds. The van der Waals surface area contributed by atoms with Crippen molar-refractivity contribution in [1.29, 1.82) is 0 Å². The first kappa shape index (κ1) is 19.4. The summed E-state index contributed by atoms with van der Waals surface area (Å²) >= 11 is 0. The maximum absolute atomic E-state index is 14.0. The molecule has 2 aromatic carbocycles. The lowest BCUT2D eigenvalue weighted by Crippen LogP contribution is -2.15. The molecule has 0 aromatic heterocycles. The van der Waals surface area contributed by atoms with Crippen LogP contribution in [0.5, 0.6) is 5.75 Å². The highest BCUT2D eigenvalue weighted by atomic mass is 19.1. The van der Waals surface area contributed by atoms with E-state index in [2.05, 4.69) is 0 Å². The first-order valence-electron chi connectivity index (χ1n) is 7.89. The van der Waals surface area contributed by atoms with Crippen LogP contribution >= 0.6 is 0 Å². The fourth-order valence-corrected chi connectivity index (χ4v) is 2.17. The van der Waals surface area contributed by atoms with Gasteiger partial charge in [-0.3, -0.25) is 0 Å². The first-order valence-corrected chi connectivity index (χ1v) is 7.89. The molecular weight excluding hydrogens is 346 g/mol. The van der Waals surface area contributed by atoms with Crippen molar-refractivity contribution in [1.82, 2.24) is 0 Å². The summed E-state index contributed by atoms with van der Waals surface area (Å²) in [5, 5.41) is 8.75. The lowest BCUT2D eigenvalue weighted by Gasteiger charge is -2.13. The van der Waals surface area contributed by atoms with E-state index in [1.165, 1.54) is 24.3 Å². The Kier molecular flexibility index (Phi) is 6.27. The number of carbonyl (C=O) groups excluding carboxylic acids is 1. The van der Waals surface area contributed by atoms with Gasteiger partial charge in [0.15, 0.2) is 6.61 Å². The molecule has 7 heteroatoms. The van der Waals surface area contributed by atoms with Gasteiger partial charge < -0.3 is 14.6 Å². The zero-order valence-corrected chi connectivity index (χ0v) is 14.3. The van der Waals surface area contributed by atoms with Crippen molar-refractivity contribution in [3.63, 3.8) is 0 Å². The molecule has 0 saturated heterocycles. The van der Waals surface area contributed by atoms with Crippen LogP contribution in [0.1, 0.15) is 24.2 Å². The molecule has 0 aliphatic carbocycles. The molecule has 0 radical (unpaired) electrons. The highest BCUT2D eigenvalue weighted by molar-refractivity contribution is 5.94. The monoisotopic (exact) mass is 364 g/mol. The van der Waals surface area contributed by atoms with Gasteiger partial charge in [0.2, 0.25) is 0 Å². The van der Waals surface area contributed by atoms with Crippen molar-refractivity contribution >= 4 is 11.9 Å². The Balaban J connectivity index is 2.41. The smallest absolute Gasteiger partial charge is 0.341 e. The summed E-state index contributed by atoms with van der Waals surface area (Å²) in [4.78, 5) is 23.0. The van der Waals surface area contributed by atoms with E-state index < -0.39 is 30.2 Å². The third-order valence-electron chi connectivity index (χ3n) is 3.34. The summed E-state index contributed by atoms with van der Waals surface area (Å²) in [7, 11) is 0. The van der Waals surface area contributed by atoms with Gasteiger partial charge in [0.05, 0.1) is 6.61 Å². The minimum Gasteiger partial charge on any atom is -0.481 e. The Morgan fingerprint density at radius 1 is 1.12 bits per heavy atom. The lowest BCUT2D eigenvalue weighted by atomic mass is 10.0. The van der Waals surface area contributed by atoms with E-state index >= 15 is 0 Å². The molecule has 0 spiro atoms. The van der Waals surface area contributed by atoms with Gasteiger partial charge in [-0.15, -0.1) is 0 Å². The number of esters is 1. The van der Waals surface area contributed by atoms with Crippen molar-refractivity contribution in [2.45, 2.75) is 13.8 Å². The Bertz CT molecular complexity index is 818. The molecule has 0 heterocycles. The van der Waals surface area contributed by atoms with E-state index in [4.69, 9.17) is 14.6 Å². The Labute approximate surface area is 149 Å². The summed E-state index contributed by atoms with van der Waals surface area (Å²) in [6, 6.07) is 7.22. The van der Waals surface area contributed by atoms with E-state index in [0.29, 0.717) is 5.56 Å². The number of hydrogen-bond acceptors (Lipinski definition) is 4. The van der Waals surface area contributed by atoms with Crippen molar-refractivity contribution in [2.24, 2.45) is 5.92 Å². The van der Waals surface area contributed by atoms with Gasteiger partial charge in [0, 0.05) is 11.6 Å². The minimum atomic E-state index is -1.21. The number of carboxylic acid groups (broad SMARTS) is 1. The second-order valence-corrected chi connectivity index (χ2v) is 6.01. The largest absolute Gasteiger partial charge is 0.481 e. The molecule has 26 heavy (non-hydrogen) atoms. The third kappa shape index (κ3) is 5.02. The quantitative estimate of drug-likeness (QED) is 0.754. The maximum Gasteiger partial charge on any atom is 0.341 e. The van der Waals surface area contributed by atoms with Crippen molar-refractivity contribution in [3.8, 4) is 16.9 Å². The number of carboxylic acids is 1. The van der Waals surface area contributed by atoms with Crippen LogP contribution in [0.3, 0.4) is 0 Å². The van der Waals surface area contributed by atoms with Gasteiger partial charge in [-0.2, -0.15) is 0 Å². The Hall–Kier alpha value is -2.96. The van der Waals surface area contributed by atoms with Crippen molar-refractivity contribution < 1.29 is 33.0 Å². The summed E-state index contributed by atoms with van der Waals surface area (Å²) < 4.78 is 37.4. The van der Waals surface area contributed by atoms with Crippen molar-refractivity contribution in [3.05, 3.63) is 53.6 Å². The second kappa shape index (κ2) is 8.42. The van der Waals surface area contributed by atoms with Gasteiger partial charge in [-0.05, 0) is 35.7 Å². The van der Waals surface area contributed by atoms with Crippen LogP contribution in [0.15, 0.2) is 36.4 Å². The Morgan fingerprint density at radius 3 is 2.46 bits per heavy atom. The Morgan fingerprint density at radius 2 is 1.85 bits per heavy atom. The average Bonchev–Trinajstić information content (AvgIpc) is 2.57. The molecule has 0 unspecified atom stereocenters. The van der Waals surface area contributed by atoms with E-state index in [1.807, 2.05) is 13.8 Å². The molecule has 2 rings (SSSR count). The zero-order valence-electron chi connectivity index (χ0n) is 14.3. The average molecular weight is 364 g/mol. The number of carbonyl (C=O) groups is 2. The summed E-state index contributed by atoms with van der Waals surface area (Å²) in [5.41, 5.74) is 0.365. The zero-order chi connectivity index (χ0) is 19.3. The lowest BCUT2D eigenvalue weighted by molar-refractivity contribution is -0.139. The third-order valence-corrected chi connectivity index (χ3v) is 3.34. The fraction of sp³-hybridized carbons (Fsp3) is 0.263. The summed E-state index contributed by atoms with van der Waals surface area (Å²) in [6.07, 6.45) is 0. The second-order valence-electron chi connectivity index (χ2n) is 6.01. The minimum absolute atomic E-state index is 0.00688. The summed E-state index contributed by atoms with van der Waals surface area (Å²) in [6.45, 7) is 3.24. The number of ether oxygens (including phenoxy) is 2. The predicted molar refractivity (Wildman–Crippen MR) is 90.0 cm³/mol. The molecular formula is C19H18F2O5. The van der Waals surface area contributed by atoms with Crippen molar-refractivity contribution in [2.75, 3.05) is 13.2 Å². The topological polar surface area (TPSA) is 72.8 Å². The molecule has 0 saturated carbocycles. The molecule has 138 valence electrons. The van der Waals surface area contributed by atoms with Gasteiger partial charge >= 0.3 is 11.9 Å². The van der Waals surface area contributed by atoms with Gasteiger partial charge in [-0.25, -0.2) is 18.4 Å². The van der Waals surface area contributed by atoms with Crippen LogP contribution in [0.2, 0.25) is 0 Å². The first-order chi connectivity index (χ1) is 12.3. The number of hydrogen-bond donors (Lipinski definition) is 1. The molecule has 0 bridgehead atoms. The van der Waals surface area contributed by atoms with Gasteiger partial charge in [0.25, 0.3) is 0 Å². The SMILES string of the molecule is CC(C)COC(=O)c1cc(-c2ccc(F)cc2F)ccc1OCC(=O)O. The van der Waals surface area contributed by atoms with Gasteiger partial charge in [0.1, 0.15) is 22.9 Å². The van der Waals surface area contributed by atoms with Crippen LogP contribution in [-0.2, 0) is 9.53 Å². The molecule has 0 atom stereocenters. The molecule has 5 nitrogen and oxygen atoms in total. The van der Waals surface area contributed by atoms with E-state index in [9.17, 15) is 18.4 Å². The number of halogens is 2. The molecule has 2 aromatic rings. The van der Waals surface area contributed by atoms with Crippen LogP contribution in [0, 0.1) is 17.6 Å². The van der Waals surface area contributed by atoms with E-state index in [-0.39, 0.29) is 29.4 Å². The fourth-order valence-electron chi connectivity index (χ4n) is 2.17. The predicted octanol–water partition coefficient (Wildman–Crippen LogP) is 3.91. The normalized spacial score (nSPS) is 10.7. The van der Waals surface area contributed by atoms with Crippen LogP contribution in [0.25, 0.3) is 11.1 Å². The molecule has 0 fully saturated rings. The van der Waals surface area contributed by atoms with E-state index in [0.717, 1.165) is 12.1 Å². The number of rotatable bonds is 7. The molecule has 1 N–H and O–H groups in total. The number of benzene rings is 2. The standard InChI is InChI=1S/C19H18F2O5/c1-11(2)9-26-19(24)15-7-12(3-6-17(15)25-10-18(22)23)14-5-4-13(20)8-16(14)21/h3-8,11H,9-10H2,1-2H3,(H,22,23). The summed E-state index contributed by atoms with van der Waals surface area (Å²) in [5.74, 6) is -3.33. The highest BCUT2D eigenvalue weighted by Gasteiger charge is 2.18. The van der Waals surface area contributed by atoms with Crippen LogP contribution in [0.4, 0.5) is 8.78 Å². The number of aliphatic carboxylic acids is 1. The molecule has 0 aliphatic heterocycles. The van der Waals surface area contributed by atoms with Crippen LogP contribution < -0.4 is 4.74 Å². The highest BCUT2D eigenvalue weighted by Crippen LogP contribution is 2.29. The maximum atomic E-state index is 14.0. The van der Waals surface area contributed by atoms with Gasteiger partial charge in [-0.1, -0.05) is 19.9 Å².